The molecule has 0 bridgehead atoms. The molecule has 2 heteroatoms. The molecule has 0 saturated carbocycles. The highest BCUT2D eigenvalue weighted by Crippen LogP contribution is 2.35. The Morgan fingerprint density at radius 3 is 2.28 bits per heavy atom. The van der Waals surface area contributed by atoms with Gasteiger partial charge in [0.1, 0.15) is 0 Å². The largest absolute Gasteiger partial charge is 0.264 e. The minimum atomic E-state index is 1.09. The number of fused-ring (bicyclic) bond motifs is 2. The van der Waals surface area contributed by atoms with E-state index in [1.54, 1.807) is 0 Å². The lowest BCUT2D eigenvalue weighted by molar-refractivity contribution is 1.10. The van der Waals surface area contributed by atoms with Gasteiger partial charge in [-0.15, -0.1) is 0 Å². The van der Waals surface area contributed by atoms with Crippen LogP contribution < -0.4 is 10.4 Å². The zero-order valence-electron chi connectivity index (χ0n) is 16.8. The highest BCUT2D eigenvalue weighted by molar-refractivity contribution is 7.99. The van der Waals surface area contributed by atoms with Crippen molar-refractivity contribution in [1.29, 1.82) is 0 Å². The molecule has 0 radical (unpaired) electrons. The summed E-state index contributed by atoms with van der Waals surface area (Å²) in [7, 11) is 0. The van der Waals surface area contributed by atoms with Crippen molar-refractivity contribution >= 4 is 34.7 Å². The Morgan fingerprint density at radius 1 is 0.793 bits per heavy atom. The van der Waals surface area contributed by atoms with Gasteiger partial charge in [-0.25, -0.2) is 0 Å². The number of pyridine rings is 1. The molecule has 1 heterocycles. The third kappa shape index (κ3) is 3.38. The zero-order valence-corrected chi connectivity index (χ0v) is 17.6. The van der Waals surface area contributed by atoms with Crippen molar-refractivity contribution in [3.8, 4) is 11.1 Å². The lowest BCUT2D eigenvalue weighted by atomic mass is 9.93. The molecule has 0 N–H and O–H groups in total. The maximum absolute atomic E-state index is 4.49. The summed E-state index contributed by atoms with van der Waals surface area (Å²) in [6.07, 6.45) is 11.0. The summed E-state index contributed by atoms with van der Waals surface area (Å²) >= 11 is 1.88. The topological polar surface area (TPSA) is 12.9 Å². The SMILES string of the molecule is Cc1cc(C)cc(Sc2c3c(c(-c4ccccc4)c4cnccc24)=CCCC=3)c1. The van der Waals surface area contributed by atoms with Gasteiger partial charge in [0, 0.05) is 27.6 Å². The van der Waals surface area contributed by atoms with Crippen molar-refractivity contribution in [2.45, 2.75) is 36.5 Å². The molecule has 1 aromatic heterocycles. The van der Waals surface area contributed by atoms with Crippen molar-refractivity contribution in [2.24, 2.45) is 0 Å². The lowest BCUT2D eigenvalue weighted by Crippen LogP contribution is -2.31. The molecule has 0 amide bonds. The minimum absolute atomic E-state index is 1.09. The highest BCUT2D eigenvalue weighted by atomic mass is 32.2. The summed E-state index contributed by atoms with van der Waals surface area (Å²) < 4.78 is 0. The number of benzene rings is 3. The van der Waals surface area contributed by atoms with Crippen molar-refractivity contribution in [2.75, 3.05) is 0 Å². The second kappa shape index (κ2) is 7.53. The van der Waals surface area contributed by atoms with Crippen LogP contribution >= 0.6 is 11.8 Å². The normalized spacial score (nSPS) is 12.9. The molecule has 0 atom stereocenters. The fourth-order valence-corrected chi connectivity index (χ4v) is 5.66. The first-order chi connectivity index (χ1) is 14.2. The molecule has 0 spiro atoms. The number of rotatable bonds is 3. The van der Waals surface area contributed by atoms with Gasteiger partial charge in [0.05, 0.1) is 0 Å². The van der Waals surface area contributed by atoms with Gasteiger partial charge >= 0.3 is 0 Å². The lowest BCUT2D eigenvalue weighted by Gasteiger charge is -2.17. The van der Waals surface area contributed by atoms with Gasteiger partial charge in [-0.3, -0.25) is 4.98 Å². The maximum Gasteiger partial charge on any atom is 0.0353 e. The molecule has 0 aliphatic heterocycles. The van der Waals surface area contributed by atoms with Crippen LogP contribution in [0.15, 0.2) is 76.8 Å². The molecular weight excluding hydrogens is 370 g/mol. The Morgan fingerprint density at radius 2 is 1.52 bits per heavy atom. The van der Waals surface area contributed by atoms with Crippen LogP contribution in [-0.4, -0.2) is 4.98 Å². The third-order valence-electron chi connectivity index (χ3n) is 5.48. The van der Waals surface area contributed by atoms with Gasteiger partial charge in [-0.2, -0.15) is 0 Å². The molecular formula is C27H23NS. The van der Waals surface area contributed by atoms with Crippen molar-refractivity contribution in [1.82, 2.24) is 4.98 Å². The molecule has 5 rings (SSSR count). The molecule has 3 aromatic carbocycles. The summed E-state index contributed by atoms with van der Waals surface area (Å²) in [6, 6.07) is 19.7. The molecule has 0 unspecified atom stereocenters. The van der Waals surface area contributed by atoms with Gasteiger partial charge in [0.2, 0.25) is 0 Å². The zero-order chi connectivity index (χ0) is 19.8. The van der Waals surface area contributed by atoms with E-state index in [1.165, 1.54) is 53.3 Å². The van der Waals surface area contributed by atoms with Crippen LogP contribution in [-0.2, 0) is 0 Å². The van der Waals surface area contributed by atoms with Crippen LogP contribution in [0.3, 0.4) is 0 Å². The Balaban J connectivity index is 1.85. The van der Waals surface area contributed by atoms with E-state index in [-0.39, 0.29) is 0 Å². The molecule has 0 saturated heterocycles. The van der Waals surface area contributed by atoms with E-state index < -0.39 is 0 Å². The van der Waals surface area contributed by atoms with Gasteiger partial charge in [0.25, 0.3) is 0 Å². The highest BCUT2D eigenvalue weighted by Gasteiger charge is 2.15. The third-order valence-corrected chi connectivity index (χ3v) is 6.60. The summed E-state index contributed by atoms with van der Waals surface area (Å²) in [4.78, 5) is 7.14. The Bertz CT molecular complexity index is 1320. The second-order valence-corrected chi connectivity index (χ2v) is 8.81. The average Bonchev–Trinajstić information content (AvgIpc) is 2.74. The number of aromatic nitrogens is 1. The molecule has 1 aliphatic rings. The summed E-state index contributed by atoms with van der Waals surface area (Å²) in [6.45, 7) is 4.35. The van der Waals surface area contributed by atoms with E-state index >= 15 is 0 Å². The number of nitrogens with zero attached hydrogens (tertiary/aromatic N) is 1. The van der Waals surface area contributed by atoms with Gasteiger partial charge in [-0.05, 0) is 83.0 Å². The summed E-state index contributed by atoms with van der Waals surface area (Å²) in [5.41, 5.74) is 5.19. The predicted octanol–water partition coefficient (Wildman–Crippen LogP) is 6.02. The van der Waals surface area contributed by atoms with Gasteiger partial charge in [0.15, 0.2) is 0 Å². The van der Waals surface area contributed by atoms with E-state index in [9.17, 15) is 0 Å². The number of hydrogen-bond donors (Lipinski definition) is 0. The van der Waals surface area contributed by atoms with Crippen LogP contribution in [0.1, 0.15) is 24.0 Å². The van der Waals surface area contributed by atoms with Crippen molar-refractivity contribution in [3.05, 3.63) is 88.6 Å². The molecule has 29 heavy (non-hydrogen) atoms. The molecule has 1 nitrogen and oxygen atoms in total. The van der Waals surface area contributed by atoms with Crippen LogP contribution in [0.25, 0.3) is 34.1 Å². The van der Waals surface area contributed by atoms with E-state index in [1.807, 2.05) is 24.2 Å². The minimum Gasteiger partial charge on any atom is -0.264 e. The monoisotopic (exact) mass is 393 g/mol. The first kappa shape index (κ1) is 18.2. The van der Waals surface area contributed by atoms with Crippen LogP contribution in [0.2, 0.25) is 0 Å². The molecule has 4 aromatic rings. The average molecular weight is 394 g/mol. The number of aryl methyl sites for hydroxylation is 2. The fraction of sp³-hybridized carbons (Fsp3) is 0.148. The Kier molecular flexibility index (Phi) is 4.73. The standard InChI is InChI=1S/C27H23NS/c1-18-14-19(2)16-21(15-18)29-27-23-11-7-6-10-22(23)26(20-8-4-3-5-9-20)25-17-28-13-12-24(25)27/h3-5,8-17H,6-7H2,1-2H3. The van der Waals surface area contributed by atoms with Crippen molar-refractivity contribution < 1.29 is 0 Å². The molecule has 1 aliphatic carbocycles. The smallest absolute Gasteiger partial charge is 0.0353 e. The van der Waals surface area contributed by atoms with Gasteiger partial charge < -0.3 is 0 Å². The molecule has 0 fully saturated rings. The maximum atomic E-state index is 4.49. The first-order valence-electron chi connectivity index (χ1n) is 10.1. The van der Waals surface area contributed by atoms with Crippen LogP contribution in [0.4, 0.5) is 0 Å². The summed E-state index contributed by atoms with van der Waals surface area (Å²) in [5, 5.41) is 5.25. The van der Waals surface area contributed by atoms with Crippen molar-refractivity contribution in [3.63, 3.8) is 0 Å². The van der Waals surface area contributed by atoms with E-state index in [2.05, 4.69) is 85.6 Å². The first-order valence-corrected chi connectivity index (χ1v) is 10.9. The quantitative estimate of drug-likeness (QED) is 0.422. The van der Waals surface area contributed by atoms with Crippen LogP contribution in [0.5, 0.6) is 0 Å². The van der Waals surface area contributed by atoms with E-state index in [4.69, 9.17) is 0 Å². The Labute approximate surface area is 175 Å². The second-order valence-electron chi connectivity index (χ2n) is 7.73. The van der Waals surface area contributed by atoms with Crippen LogP contribution in [0, 0.1) is 13.8 Å². The van der Waals surface area contributed by atoms with Gasteiger partial charge in [-0.1, -0.05) is 60.3 Å². The molecule has 142 valence electrons. The summed E-state index contributed by atoms with van der Waals surface area (Å²) in [5.74, 6) is 0. The Hall–Kier alpha value is -2.84. The fourth-order valence-electron chi connectivity index (χ4n) is 4.34. The number of hydrogen-bond acceptors (Lipinski definition) is 2. The van der Waals surface area contributed by atoms with E-state index in [0.717, 1.165) is 12.8 Å². The predicted molar refractivity (Wildman–Crippen MR) is 125 cm³/mol. The van der Waals surface area contributed by atoms with E-state index in [0.29, 0.717) is 0 Å².